The average molecular weight is 173 g/mol. The van der Waals surface area contributed by atoms with Gasteiger partial charge in [0.05, 0.1) is 0 Å². The Morgan fingerprint density at radius 2 is 1.00 bits per heavy atom. The van der Waals surface area contributed by atoms with E-state index in [9.17, 15) is 0 Å². The highest BCUT2D eigenvalue weighted by Crippen LogP contribution is 2.00. The summed E-state index contributed by atoms with van der Waals surface area (Å²) in [5.41, 5.74) is 0. The monoisotopic (exact) mass is 176 g/mol. The third kappa shape index (κ3) is 4.73. The predicted octanol–water partition coefficient (Wildman–Crippen LogP) is -6.09. The van der Waals surface area contributed by atoms with E-state index in [1.165, 1.54) is 0 Å². The fourth-order valence-corrected chi connectivity index (χ4v) is 1.80. The van der Waals surface area contributed by atoms with Crippen molar-refractivity contribution in [3.05, 3.63) is 0 Å². The molecule has 0 rings (SSSR count). The van der Waals surface area contributed by atoms with Gasteiger partial charge in [0.2, 0.25) is 0 Å². The van der Waals surface area contributed by atoms with Gasteiger partial charge in [-0.05, 0) is 72.0 Å². The van der Waals surface area contributed by atoms with E-state index in [0.717, 1.165) is 0 Å². The molecule has 16 heteroatoms. The van der Waals surface area contributed by atoms with Gasteiger partial charge < -0.3 is 29.6 Å². The average Bonchev–Trinajstić information content (AvgIpc) is 2.10. The van der Waals surface area contributed by atoms with Crippen LogP contribution in [-0.4, -0.2) is 114 Å². The molecule has 0 unspecified atom stereocenters. The van der Waals surface area contributed by atoms with E-state index in [1.807, 2.05) is 0 Å². The molecule has 0 aromatic carbocycles. The molecule has 0 aromatic heterocycles. The van der Waals surface area contributed by atoms with E-state index in [2.05, 4.69) is 0 Å². The molecule has 51 valence electrons. The lowest BCUT2D eigenvalue weighted by atomic mass is 8.44. The zero-order valence-corrected chi connectivity index (χ0v) is 9.24. The van der Waals surface area contributed by atoms with Gasteiger partial charge in [-0.1, -0.05) is 6.39 Å². The Morgan fingerprint density at radius 1 is 0.625 bits per heavy atom. The van der Waals surface area contributed by atoms with Crippen molar-refractivity contribution in [2.24, 2.45) is 0 Å². The number of hydrogen-bond donors (Lipinski definition) is 0. The fraction of sp³-hybridized carbons (Fsp3) is 0. The van der Waals surface area contributed by atoms with E-state index in [4.69, 9.17) is 69.6 Å². The SMILES string of the molecule is [B]B([B])B(B([B])[B-])B(B([B])[B])B([B])B([B-])[B-]. The summed E-state index contributed by atoms with van der Waals surface area (Å²) in [4.78, 5) is 0. The van der Waals surface area contributed by atoms with Crippen LogP contribution in [0.15, 0.2) is 0 Å². The molecule has 0 saturated carbocycles. The minimum Gasteiger partial charge on any atom is -0.729 e. The minimum atomic E-state index is -0.807. The first-order valence-corrected chi connectivity index (χ1v) is 5.00. The summed E-state index contributed by atoms with van der Waals surface area (Å²) < 4.78 is 0. The van der Waals surface area contributed by atoms with E-state index < -0.39 is 44.7 Å². The summed E-state index contributed by atoms with van der Waals surface area (Å²) in [7, 11) is 50.4. The van der Waals surface area contributed by atoms with Crippen LogP contribution in [0.3, 0.4) is 0 Å². The van der Waals surface area contributed by atoms with Crippen molar-refractivity contribution in [2.75, 3.05) is 0 Å². The molecule has 0 aromatic rings. The molecule has 0 saturated heterocycles. The molecule has 0 aliphatic heterocycles. The molecule has 0 aliphatic carbocycles. The Hall–Kier alpha value is 1.04. The molecule has 0 spiro atoms. The van der Waals surface area contributed by atoms with Crippen molar-refractivity contribution in [1.82, 2.24) is 0 Å². The lowest BCUT2D eigenvalue weighted by Gasteiger charge is -2.51. The molecule has 0 amide bonds. The predicted molar refractivity (Wildman–Crippen MR) is 92.1 cm³/mol. The van der Waals surface area contributed by atoms with Gasteiger partial charge in [0, 0.05) is 0 Å². The van der Waals surface area contributed by atoms with Gasteiger partial charge in [0.15, 0.2) is 0 Å². The second kappa shape index (κ2) is 7.47. The van der Waals surface area contributed by atoms with E-state index in [0.29, 0.717) is 0 Å². The van der Waals surface area contributed by atoms with Gasteiger partial charge in [0.1, 0.15) is 0 Å². The maximum Gasteiger partial charge on any atom is -0.00000482 e. The summed E-state index contributed by atoms with van der Waals surface area (Å²) in [6.07, 6.45) is -5.02. The summed E-state index contributed by atoms with van der Waals surface area (Å²) in [6, 6.07) is 0. The van der Waals surface area contributed by atoms with Crippen molar-refractivity contribution in [1.29, 1.82) is 0 Å². The van der Waals surface area contributed by atoms with Gasteiger partial charge in [0.25, 0.3) is 0 Å². The van der Waals surface area contributed by atoms with E-state index in [1.54, 1.807) is 0 Å². The Bertz CT molecular complexity index is 168. The molecule has 0 aliphatic rings. The molecule has 16 heavy (non-hydrogen) atoms. The zero-order chi connectivity index (χ0) is 13.0. The Labute approximate surface area is 114 Å². The highest BCUT2D eigenvalue weighted by Gasteiger charge is 2.31. The summed E-state index contributed by atoms with van der Waals surface area (Å²) in [5.74, 6) is 0. The van der Waals surface area contributed by atoms with Crippen LogP contribution in [0.5, 0.6) is 0 Å². The molecular formula is B16-3. The fourth-order valence-electron chi connectivity index (χ4n) is 1.80. The zero-order valence-electron chi connectivity index (χ0n) is 9.24. The third-order valence-electron chi connectivity index (χ3n) is 2.67. The van der Waals surface area contributed by atoms with Crippen molar-refractivity contribution >= 4 is 114 Å². The lowest BCUT2D eigenvalue weighted by molar-refractivity contribution is 3.38. The van der Waals surface area contributed by atoms with Crippen molar-refractivity contribution in [3.8, 4) is 0 Å². The highest BCUT2D eigenvalue weighted by atomic mass is 13.2. The molecule has 0 heterocycles. The van der Waals surface area contributed by atoms with E-state index >= 15 is 0 Å². The molecule has 21 radical (unpaired) electrons. The maximum atomic E-state index is 5.81. The normalized spacial score (nSPS) is 9.19. The largest absolute Gasteiger partial charge is 0.729 e. The standard InChI is InChI=1S/B16/c1-10(2)14(9)16(13(7)8)15(11(3)4)12(5)6/q-3. The molecule has 0 nitrogen and oxygen atoms in total. The Kier molecular flexibility index (Phi) is 7.95. The first-order valence-electron chi connectivity index (χ1n) is 5.00. The van der Waals surface area contributed by atoms with E-state index in [-0.39, 0.29) is 0 Å². The Balaban J connectivity index is 5.00. The van der Waals surface area contributed by atoms with Gasteiger partial charge in [-0.2, -0.15) is 0 Å². The second-order valence-electron chi connectivity index (χ2n) is 4.04. The van der Waals surface area contributed by atoms with Crippen molar-refractivity contribution in [2.45, 2.75) is 0 Å². The first kappa shape index (κ1) is 17.0. The molecular weight excluding hydrogens is 173 g/mol. The lowest BCUT2D eigenvalue weighted by Crippen LogP contribution is -2.75. The molecule has 0 bridgehead atoms. The number of rotatable bonds is 6. The minimum absolute atomic E-state index is 0.556. The molecule has 0 fully saturated rings. The summed E-state index contributed by atoms with van der Waals surface area (Å²) in [6.45, 7) is 0. The summed E-state index contributed by atoms with van der Waals surface area (Å²) in [5, 5.41) is 0. The quantitative estimate of drug-likeness (QED) is 0.351. The molecule has 0 N–H and O–H groups in total. The van der Waals surface area contributed by atoms with Gasteiger partial charge in [-0.3, -0.25) is 0 Å². The van der Waals surface area contributed by atoms with Crippen LogP contribution in [0.2, 0.25) is 0 Å². The summed E-state index contributed by atoms with van der Waals surface area (Å²) >= 11 is 0. The van der Waals surface area contributed by atoms with Gasteiger partial charge in [-0.25, -0.2) is 6.39 Å². The van der Waals surface area contributed by atoms with Crippen LogP contribution in [0, 0.1) is 0 Å². The van der Waals surface area contributed by atoms with Crippen LogP contribution in [0.1, 0.15) is 0 Å². The first-order chi connectivity index (χ1) is 7.20. The van der Waals surface area contributed by atoms with Crippen LogP contribution < -0.4 is 0 Å². The number of hydrogen-bond acceptors (Lipinski definition) is 0. The third-order valence-corrected chi connectivity index (χ3v) is 2.67. The van der Waals surface area contributed by atoms with Crippen LogP contribution >= 0.6 is 0 Å². The van der Waals surface area contributed by atoms with Crippen LogP contribution in [0.4, 0.5) is 0 Å². The maximum absolute atomic E-state index is 5.81. The van der Waals surface area contributed by atoms with Crippen LogP contribution in [0.25, 0.3) is 0 Å². The highest BCUT2D eigenvalue weighted by molar-refractivity contribution is 8.13. The topological polar surface area (TPSA) is 0 Å². The second-order valence-corrected chi connectivity index (χ2v) is 4.04. The van der Waals surface area contributed by atoms with Gasteiger partial charge >= 0.3 is 0 Å². The van der Waals surface area contributed by atoms with Crippen molar-refractivity contribution in [3.63, 3.8) is 0 Å². The Morgan fingerprint density at radius 3 is 1.19 bits per heavy atom. The van der Waals surface area contributed by atoms with Crippen molar-refractivity contribution < 1.29 is 0 Å². The molecule has 0 atom stereocenters. The smallest absolute Gasteiger partial charge is 0.00000482 e. The van der Waals surface area contributed by atoms with Crippen LogP contribution in [-0.2, 0) is 0 Å². The van der Waals surface area contributed by atoms with Gasteiger partial charge in [-0.15, -0.1) is 0 Å².